The molecule has 1 aliphatic heterocycles. The van der Waals surface area contributed by atoms with Gasteiger partial charge in [0, 0.05) is 37.7 Å². The van der Waals surface area contributed by atoms with Crippen molar-refractivity contribution in [3.8, 4) is 0 Å². The normalized spacial score (nSPS) is 19.2. The van der Waals surface area contributed by atoms with E-state index in [2.05, 4.69) is 21.6 Å². The fourth-order valence-corrected chi connectivity index (χ4v) is 4.53. The molecule has 6 nitrogen and oxygen atoms in total. The first-order valence-corrected chi connectivity index (χ1v) is 11.0. The van der Waals surface area contributed by atoms with Gasteiger partial charge in [-0.25, -0.2) is 0 Å². The summed E-state index contributed by atoms with van der Waals surface area (Å²) in [5, 5.41) is 5.52. The molecule has 0 aromatic carbocycles. The third-order valence-corrected chi connectivity index (χ3v) is 6.08. The predicted molar refractivity (Wildman–Crippen MR) is 108 cm³/mol. The summed E-state index contributed by atoms with van der Waals surface area (Å²) < 4.78 is 5.57. The average molecular weight is 392 g/mol. The molecule has 1 aliphatic carbocycles. The van der Waals surface area contributed by atoms with E-state index in [1.807, 2.05) is 23.9 Å². The van der Waals surface area contributed by atoms with Crippen molar-refractivity contribution < 1.29 is 14.0 Å². The van der Waals surface area contributed by atoms with Crippen molar-refractivity contribution in [3.05, 3.63) is 35.8 Å². The topological polar surface area (TPSA) is 74.6 Å². The van der Waals surface area contributed by atoms with E-state index in [9.17, 15) is 9.59 Å². The standard InChI is InChI=1S/C20H29N3O3S/c24-19(21-9-8-16-5-2-1-3-6-16)20(25)22-15-17(18-7-4-12-26-18)23-10-13-27-14-11-23/h4-5,7,12,17H,1-3,6,8-11,13-15H2,(H,21,24)(H,22,25)/t17-/m1/s1. The highest BCUT2D eigenvalue weighted by Crippen LogP contribution is 2.24. The van der Waals surface area contributed by atoms with Gasteiger partial charge in [-0.1, -0.05) is 11.6 Å². The fourth-order valence-electron chi connectivity index (χ4n) is 3.60. The number of amides is 2. The zero-order valence-electron chi connectivity index (χ0n) is 15.7. The zero-order chi connectivity index (χ0) is 18.9. The number of nitrogens with one attached hydrogen (secondary N) is 2. The molecule has 0 bridgehead atoms. The highest BCUT2D eigenvalue weighted by molar-refractivity contribution is 7.99. The Kier molecular flexibility index (Phi) is 7.83. The second kappa shape index (κ2) is 10.6. The van der Waals surface area contributed by atoms with Gasteiger partial charge < -0.3 is 15.1 Å². The van der Waals surface area contributed by atoms with Crippen molar-refractivity contribution in [1.82, 2.24) is 15.5 Å². The van der Waals surface area contributed by atoms with Crippen LogP contribution in [0.2, 0.25) is 0 Å². The van der Waals surface area contributed by atoms with E-state index in [0.29, 0.717) is 13.1 Å². The monoisotopic (exact) mass is 391 g/mol. The van der Waals surface area contributed by atoms with Crippen LogP contribution in [0.25, 0.3) is 0 Å². The molecular formula is C20H29N3O3S. The quantitative estimate of drug-likeness (QED) is 0.552. The maximum atomic E-state index is 12.2. The average Bonchev–Trinajstić information content (AvgIpc) is 3.24. The Morgan fingerprint density at radius 2 is 2.00 bits per heavy atom. The number of furan rings is 1. The number of nitrogens with zero attached hydrogens (tertiary/aromatic N) is 1. The molecule has 148 valence electrons. The Bertz CT molecular complexity index is 639. The molecule has 2 heterocycles. The number of thioether (sulfide) groups is 1. The van der Waals surface area contributed by atoms with Crippen LogP contribution in [0.1, 0.15) is 43.9 Å². The van der Waals surface area contributed by atoms with E-state index >= 15 is 0 Å². The molecule has 1 fully saturated rings. The molecule has 2 aliphatic rings. The maximum absolute atomic E-state index is 12.2. The number of hydrogen-bond acceptors (Lipinski definition) is 5. The largest absolute Gasteiger partial charge is 0.468 e. The van der Waals surface area contributed by atoms with Crippen molar-refractivity contribution in [2.75, 3.05) is 37.7 Å². The summed E-state index contributed by atoms with van der Waals surface area (Å²) in [5.41, 5.74) is 1.39. The van der Waals surface area contributed by atoms with Gasteiger partial charge in [0.2, 0.25) is 0 Å². The molecule has 27 heavy (non-hydrogen) atoms. The lowest BCUT2D eigenvalue weighted by Crippen LogP contribution is -2.45. The van der Waals surface area contributed by atoms with E-state index in [-0.39, 0.29) is 6.04 Å². The summed E-state index contributed by atoms with van der Waals surface area (Å²) in [5.74, 6) is 1.84. The first-order chi connectivity index (χ1) is 13.2. The van der Waals surface area contributed by atoms with E-state index in [0.717, 1.165) is 49.6 Å². The molecule has 3 rings (SSSR count). The first kappa shape index (κ1) is 20.0. The van der Waals surface area contributed by atoms with E-state index < -0.39 is 11.8 Å². The number of carbonyl (C=O) groups excluding carboxylic acids is 2. The summed E-state index contributed by atoms with van der Waals surface area (Å²) in [6.45, 7) is 2.79. The Morgan fingerprint density at radius 3 is 2.70 bits per heavy atom. The molecule has 0 unspecified atom stereocenters. The van der Waals surface area contributed by atoms with Gasteiger partial charge in [0.15, 0.2) is 0 Å². The van der Waals surface area contributed by atoms with Crippen LogP contribution in [-0.4, -0.2) is 54.4 Å². The van der Waals surface area contributed by atoms with Crippen LogP contribution in [0.5, 0.6) is 0 Å². The van der Waals surface area contributed by atoms with Crippen LogP contribution < -0.4 is 10.6 Å². The Morgan fingerprint density at radius 1 is 1.19 bits per heavy atom. The third-order valence-electron chi connectivity index (χ3n) is 5.14. The molecule has 0 spiro atoms. The Balaban J connectivity index is 1.45. The minimum atomic E-state index is -0.574. The van der Waals surface area contributed by atoms with Gasteiger partial charge in [-0.3, -0.25) is 14.5 Å². The second-order valence-corrected chi connectivity index (χ2v) is 8.23. The minimum absolute atomic E-state index is 0.0370. The van der Waals surface area contributed by atoms with Gasteiger partial charge in [-0.2, -0.15) is 11.8 Å². The van der Waals surface area contributed by atoms with Gasteiger partial charge in [0.05, 0.1) is 12.3 Å². The summed E-state index contributed by atoms with van der Waals surface area (Å²) in [4.78, 5) is 26.6. The lowest BCUT2D eigenvalue weighted by atomic mass is 9.97. The highest BCUT2D eigenvalue weighted by atomic mass is 32.2. The number of hydrogen-bond donors (Lipinski definition) is 2. The summed E-state index contributed by atoms with van der Waals surface area (Å²) in [7, 11) is 0. The predicted octanol–water partition coefficient (Wildman–Crippen LogP) is 2.49. The highest BCUT2D eigenvalue weighted by Gasteiger charge is 2.26. The zero-order valence-corrected chi connectivity index (χ0v) is 16.6. The van der Waals surface area contributed by atoms with Crippen LogP contribution in [0, 0.1) is 0 Å². The summed E-state index contributed by atoms with van der Waals surface area (Å²) in [6, 6.07) is 3.75. The Labute approximate surface area is 165 Å². The van der Waals surface area contributed by atoms with Crippen LogP contribution in [-0.2, 0) is 9.59 Å². The smallest absolute Gasteiger partial charge is 0.309 e. The molecule has 0 saturated carbocycles. The van der Waals surface area contributed by atoms with Gasteiger partial charge in [0.1, 0.15) is 5.76 Å². The van der Waals surface area contributed by atoms with Crippen molar-refractivity contribution >= 4 is 23.6 Å². The van der Waals surface area contributed by atoms with Gasteiger partial charge in [-0.05, 0) is 44.2 Å². The van der Waals surface area contributed by atoms with Gasteiger partial charge >= 0.3 is 11.8 Å². The van der Waals surface area contributed by atoms with E-state index in [4.69, 9.17) is 4.42 Å². The molecule has 1 atom stereocenters. The number of carbonyl (C=O) groups is 2. The van der Waals surface area contributed by atoms with Gasteiger partial charge in [-0.15, -0.1) is 0 Å². The Hall–Kier alpha value is -1.73. The van der Waals surface area contributed by atoms with Crippen molar-refractivity contribution in [2.24, 2.45) is 0 Å². The number of rotatable bonds is 7. The van der Waals surface area contributed by atoms with Gasteiger partial charge in [0.25, 0.3) is 0 Å². The molecule has 2 amide bonds. The number of allylic oxidation sites excluding steroid dienone is 1. The SMILES string of the molecule is O=C(NCCC1=CCCCC1)C(=O)NC[C@H](c1ccco1)N1CCSCC1. The molecule has 0 radical (unpaired) electrons. The third kappa shape index (κ3) is 6.14. The van der Waals surface area contributed by atoms with Crippen molar-refractivity contribution in [2.45, 2.75) is 38.1 Å². The second-order valence-electron chi connectivity index (χ2n) is 7.00. The van der Waals surface area contributed by atoms with Crippen LogP contribution in [0.4, 0.5) is 0 Å². The molecule has 1 aromatic heterocycles. The van der Waals surface area contributed by atoms with Crippen molar-refractivity contribution in [1.29, 1.82) is 0 Å². The van der Waals surface area contributed by atoms with Crippen molar-refractivity contribution in [3.63, 3.8) is 0 Å². The first-order valence-electron chi connectivity index (χ1n) is 9.83. The molecule has 1 saturated heterocycles. The lowest BCUT2D eigenvalue weighted by Gasteiger charge is -2.33. The molecule has 2 N–H and O–H groups in total. The fraction of sp³-hybridized carbons (Fsp3) is 0.600. The molecule has 7 heteroatoms. The molecular weight excluding hydrogens is 362 g/mol. The summed E-state index contributed by atoms with van der Waals surface area (Å²) in [6.07, 6.45) is 9.47. The van der Waals surface area contributed by atoms with Crippen LogP contribution in [0.3, 0.4) is 0 Å². The van der Waals surface area contributed by atoms with Crippen LogP contribution in [0.15, 0.2) is 34.5 Å². The van der Waals surface area contributed by atoms with Crippen LogP contribution >= 0.6 is 11.8 Å². The summed E-state index contributed by atoms with van der Waals surface area (Å²) >= 11 is 1.94. The lowest BCUT2D eigenvalue weighted by molar-refractivity contribution is -0.139. The van der Waals surface area contributed by atoms with E-state index in [1.165, 1.54) is 18.4 Å². The molecule has 1 aromatic rings. The minimum Gasteiger partial charge on any atom is -0.468 e. The van der Waals surface area contributed by atoms with E-state index in [1.54, 1.807) is 6.26 Å². The maximum Gasteiger partial charge on any atom is 0.309 e.